The summed E-state index contributed by atoms with van der Waals surface area (Å²) < 4.78 is 0. The van der Waals surface area contributed by atoms with E-state index in [4.69, 9.17) is 0 Å². The minimum Gasteiger partial charge on any atom is -0.298 e. The molecule has 1 aromatic carbocycles. The van der Waals surface area contributed by atoms with Crippen LogP contribution in [0.1, 0.15) is 23.7 Å². The average Bonchev–Trinajstić information content (AvgIpc) is 2.78. The van der Waals surface area contributed by atoms with Crippen molar-refractivity contribution in [3.63, 3.8) is 0 Å². The van der Waals surface area contributed by atoms with Crippen molar-refractivity contribution in [3.8, 4) is 0 Å². The van der Waals surface area contributed by atoms with Gasteiger partial charge in [0.05, 0.1) is 0 Å². The molecular formula is C12H12N2O2. The third-order valence-corrected chi connectivity index (χ3v) is 2.53. The number of nitrogens with zero attached hydrogens (tertiary/aromatic N) is 1. The maximum absolute atomic E-state index is 12.0. The Labute approximate surface area is 93.4 Å². The molecule has 0 aliphatic carbocycles. The lowest BCUT2D eigenvalue weighted by Gasteiger charge is -2.07. The number of rotatable bonds is 3. The van der Waals surface area contributed by atoms with Crippen molar-refractivity contribution in [2.24, 2.45) is 5.10 Å². The highest BCUT2D eigenvalue weighted by Crippen LogP contribution is 2.11. The van der Waals surface area contributed by atoms with Gasteiger partial charge in [0.15, 0.2) is 11.6 Å². The number of nitrogens with one attached hydrogen (secondary N) is 1. The average molecular weight is 216 g/mol. The molecule has 1 unspecified atom stereocenters. The van der Waals surface area contributed by atoms with Crippen molar-refractivity contribution in [2.45, 2.75) is 19.4 Å². The van der Waals surface area contributed by atoms with E-state index in [1.807, 2.05) is 18.2 Å². The molecule has 0 saturated carbocycles. The zero-order valence-corrected chi connectivity index (χ0v) is 8.93. The summed E-state index contributed by atoms with van der Waals surface area (Å²) in [6.45, 7) is 1.45. The lowest BCUT2D eigenvalue weighted by Crippen LogP contribution is -2.30. The fourth-order valence-electron chi connectivity index (χ4n) is 1.62. The molecule has 1 atom stereocenters. The Morgan fingerprint density at radius 3 is 2.56 bits per heavy atom. The number of Topliss-reactive ketones (excluding diaryl/α,β-unsaturated/α-hetero) is 2. The normalized spacial score (nSPS) is 18.8. The van der Waals surface area contributed by atoms with Crippen molar-refractivity contribution >= 4 is 17.3 Å². The fourth-order valence-corrected chi connectivity index (χ4v) is 1.62. The van der Waals surface area contributed by atoms with Crippen LogP contribution in [0, 0.1) is 0 Å². The molecule has 82 valence electrons. The molecule has 1 aliphatic heterocycles. The van der Waals surface area contributed by atoms with Crippen molar-refractivity contribution < 1.29 is 9.59 Å². The molecule has 16 heavy (non-hydrogen) atoms. The number of hydrazone groups is 1. The van der Waals surface area contributed by atoms with E-state index in [0.717, 1.165) is 0 Å². The molecule has 1 heterocycles. The first kappa shape index (κ1) is 10.5. The first-order chi connectivity index (χ1) is 7.68. The van der Waals surface area contributed by atoms with Gasteiger partial charge in [-0.2, -0.15) is 5.10 Å². The topological polar surface area (TPSA) is 58.5 Å². The monoisotopic (exact) mass is 216 g/mol. The van der Waals surface area contributed by atoms with Gasteiger partial charge in [-0.15, -0.1) is 0 Å². The lowest BCUT2D eigenvalue weighted by atomic mass is 10.00. The Bertz CT molecular complexity index is 451. The number of benzene rings is 1. The SMILES string of the molecule is CC(=O)C1=NNC(C(=O)c2ccccc2)C1. The molecule has 0 amide bonds. The lowest BCUT2D eigenvalue weighted by molar-refractivity contribution is -0.111. The highest BCUT2D eigenvalue weighted by molar-refractivity contribution is 6.40. The summed E-state index contributed by atoms with van der Waals surface area (Å²) in [5.74, 6) is -0.114. The molecule has 0 bridgehead atoms. The van der Waals surface area contributed by atoms with Crippen LogP contribution in [0.25, 0.3) is 0 Å². The van der Waals surface area contributed by atoms with Gasteiger partial charge in [0.1, 0.15) is 11.8 Å². The fraction of sp³-hybridized carbons (Fsp3) is 0.250. The second-order valence-corrected chi connectivity index (χ2v) is 3.73. The maximum Gasteiger partial charge on any atom is 0.187 e. The summed E-state index contributed by atoms with van der Waals surface area (Å²) in [7, 11) is 0. The van der Waals surface area contributed by atoms with E-state index < -0.39 is 6.04 Å². The number of carbonyl (C=O) groups excluding carboxylic acids is 2. The van der Waals surface area contributed by atoms with E-state index in [1.165, 1.54) is 6.92 Å². The van der Waals surface area contributed by atoms with E-state index in [1.54, 1.807) is 12.1 Å². The summed E-state index contributed by atoms with van der Waals surface area (Å²) >= 11 is 0. The molecule has 1 aliphatic rings. The molecule has 1 N–H and O–H groups in total. The minimum absolute atomic E-state index is 0.0272. The number of hydrogen-bond donors (Lipinski definition) is 1. The van der Waals surface area contributed by atoms with Crippen LogP contribution in [-0.2, 0) is 4.79 Å². The summed E-state index contributed by atoms with van der Waals surface area (Å²) in [4.78, 5) is 23.0. The standard InChI is InChI=1S/C12H12N2O2/c1-8(15)10-7-11(14-13-10)12(16)9-5-3-2-4-6-9/h2-6,11,14H,7H2,1H3. The van der Waals surface area contributed by atoms with Gasteiger partial charge >= 0.3 is 0 Å². The highest BCUT2D eigenvalue weighted by Gasteiger charge is 2.27. The second-order valence-electron chi connectivity index (χ2n) is 3.73. The number of ketones is 2. The quantitative estimate of drug-likeness (QED) is 0.772. The van der Waals surface area contributed by atoms with Gasteiger partial charge in [-0.25, -0.2) is 0 Å². The predicted molar refractivity (Wildman–Crippen MR) is 60.4 cm³/mol. The van der Waals surface area contributed by atoms with Crippen molar-refractivity contribution in [3.05, 3.63) is 35.9 Å². The van der Waals surface area contributed by atoms with E-state index >= 15 is 0 Å². The van der Waals surface area contributed by atoms with Gasteiger partial charge in [0.2, 0.25) is 0 Å². The van der Waals surface area contributed by atoms with Crippen molar-refractivity contribution in [2.75, 3.05) is 0 Å². The molecule has 1 aromatic rings. The van der Waals surface area contributed by atoms with Gasteiger partial charge in [0.25, 0.3) is 0 Å². The van der Waals surface area contributed by atoms with Gasteiger partial charge < -0.3 is 0 Å². The first-order valence-corrected chi connectivity index (χ1v) is 5.11. The molecule has 0 aromatic heterocycles. The zero-order valence-electron chi connectivity index (χ0n) is 8.93. The molecule has 0 saturated heterocycles. The zero-order chi connectivity index (χ0) is 11.5. The maximum atomic E-state index is 12.0. The molecule has 0 radical (unpaired) electrons. The molecule has 0 spiro atoms. The Morgan fingerprint density at radius 1 is 1.31 bits per heavy atom. The van der Waals surface area contributed by atoms with Crippen LogP contribution in [-0.4, -0.2) is 23.3 Å². The Hall–Kier alpha value is -1.97. The Morgan fingerprint density at radius 2 is 2.00 bits per heavy atom. The summed E-state index contributed by atoms with van der Waals surface area (Å²) in [5, 5.41) is 3.86. The minimum atomic E-state index is -0.402. The van der Waals surface area contributed by atoms with Gasteiger partial charge in [-0.1, -0.05) is 30.3 Å². The van der Waals surface area contributed by atoms with E-state index in [0.29, 0.717) is 17.7 Å². The third kappa shape index (κ3) is 2.00. The largest absolute Gasteiger partial charge is 0.298 e. The van der Waals surface area contributed by atoms with Crippen LogP contribution >= 0.6 is 0 Å². The number of carbonyl (C=O) groups is 2. The molecule has 4 heteroatoms. The molecule has 2 rings (SSSR count). The van der Waals surface area contributed by atoms with Crippen LogP contribution in [0.3, 0.4) is 0 Å². The molecular weight excluding hydrogens is 204 g/mol. The van der Waals surface area contributed by atoms with Crippen LogP contribution in [0.4, 0.5) is 0 Å². The smallest absolute Gasteiger partial charge is 0.187 e. The summed E-state index contributed by atoms with van der Waals surface area (Å²) in [5.41, 5.74) is 3.78. The van der Waals surface area contributed by atoms with Gasteiger partial charge in [-0.05, 0) is 0 Å². The second kappa shape index (κ2) is 4.26. The highest BCUT2D eigenvalue weighted by atomic mass is 16.1. The van der Waals surface area contributed by atoms with Crippen LogP contribution < -0.4 is 5.43 Å². The van der Waals surface area contributed by atoms with E-state index in [9.17, 15) is 9.59 Å². The van der Waals surface area contributed by atoms with Crippen LogP contribution in [0.5, 0.6) is 0 Å². The van der Waals surface area contributed by atoms with E-state index in [-0.39, 0.29) is 11.6 Å². The van der Waals surface area contributed by atoms with Gasteiger partial charge in [0, 0.05) is 18.9 Å². The van der Waals surface area contributed by atoms with E-state index in [2.05, 4.69) is 10.5 Å². The predicted octanol–water partition coefficient (Wildman–Crippen LogP) is 1.18. The summed E-state index contributed by atoms with van der Waals surface area (Å²) in [6, 6.07) is 8.60. The Balaban J connectivity index is 2.08. The van der Waals surface area contributed by atoms with Crippen LogP contribution in [0.15, 0.2) is 35.4 Å². The van der Waals surface area contributed by atoms with Crippen LogP contribution in [0.2, 0.25) is 0 Å². The molecule has 0 fully saturated rings. The Kier molecular flexibility index (Phi) is 2.81. The first-order valence-electron chi connectivity index (χ1n) is 5.11. The molecule has 4 nitrogen and oxygen atoms in total. The van der Waals surface area contributed by atoms with Crippen molar-refractivity contribution in [1.29, 1.82) is 0 Å². The third-order valence-electron chi connectivity index (χ3n) is 2.53. The van der Waals surface area contributed by atoms with Crippen molar-refractivity contribution in [1.82, 2.24) is 5.43 Å². The number of hydrogen-bond acceptors (Lipinski definition) is 4. The van der Waals surface area contributed by atoms with Gasteiger partial charge in [-0.3, -0.25) is 15.0 Å². The summed E-state index contributed by atoms with van der Waals surface area (Å²) in [6.07, 6.45) is 0.378.